The molecule has 3 aromatic rings. The molecule has 3 aromatic carbocycles. The Bertz CT molecular complexity index is 1080. The van der Waals surface area contributed by atoms with Crippen LogP contribution in [0.5, 0.6) is 0 Å². The van der Waals surface area contributed by atoms with E-state index in [1.807, 2.05) is 42.5 Å². The first-order valence-electron chi connectivity index (χ1n) is 12.5. The Morgan fingerprint density at radius 3 is 1.97 bits per heavy atom. The van der Waals surface area contributed by atoms with E-state index < -0.39 is 0 Å². The molecular formula is C30H32N2O. The van der Waals surface area contributed by atoms with Gasteiger partial charge in [0.1, 0.15) is 0 Å². The van der Waals surface area contributed by atoms with E-state index in [2.05, 4.69) is 46.6 Å². The number of carbonyl (C=O) groups is 1. The Labute approximate surface area is 196 Å². The first-order valence-corrected chi connectivity index (χ1v) is 12.5. The number of benzene rings is 3. The number of amides is 1. The van der Waals surface area contributed by atoms with Crippen LogP contribution in [-0.4, -0.2) is 29.9 Å². The van der Waals surface area contributed by atoms with Gasteiger partial charge in [-0.3, -0.25) is 9.69 Å². The highest BCUT2D eigenvalue weighted by Crippen LogP contribution is 2.47. The maximum atomic E-state index is 12.7. The lowest BCUT2D eigenvalue weighted by Crippen LogP contribution is -2.31. The molecule has 168 valence electrons. The van der Waals surface area contributed by atoms with Crippen molar-refractivity contribution < 1.29 is 4.79 Å². The number of rotatable bonds is 9. The summed E-state index contributed by atoms with van der Waals surface area (Å²) in [6.45, 7) is 2.63. The number of carbonyl (C=O) groups excluding carboxylic acids is 1. The van der Waals surface area contributed by atoms with E-state index in [-0.39, 0.29) is 5.91 Å². The highest BCUT2D eigenvalue weighted by atomic mass is 16.1. The molecule has 0 radical (unpaired) electrons. The molecule has 1 N–H and O–H groups in total. The van der Waals surface area contributed by atoms with Crippen molar-refractivity contribution in [3.8, 4) is 11.1 Å². The van der Waals surface area contributed by atoms with Crippen molar-refractivity contribution in [2.45, 2.75) is 44.1 Å². The first kappa shape index (κ1) is 20.7. The molecule has 3 aliphatic rings. The Morgan fingerprint density at radius 2 is 1.36 bits per heavy atom. The first-order chi connectivity index (χ1) is 16.2. The molecule has 2 atom stereocenters. The molecule has 0 aliphatic heterocycles. The summed E-state index contributed by atoms with van der Waals surface area (Å²) in [6.07, 6.45) is 7.02. The second kappa shape index (κ2) is 8.79. The SMILES string of the molecule is O=C(Nc1ccc(C2CC2N(CC2CC2)CC2CC2)cc1)c1ccc(-c2ccccc2)cc1. The molecule has 0 saturated heterocycles. The van der Waals surface area contributed by atoms with Crippen LogP contribution in [0.2, 0.25) is 0 Å². The minimum atomic E-state index is -0.0632. The molecule has 3 fully saturated rings. The van der Waals surface area contributed by atoms with Gasteiger partial charge in [-0.2, -0.15) is 0 Å². The second-order valence-corrected chi connectivity index (χ2v) is 10.3. The van der Waals surface area contributed by atoms with Crippen LogP contribution in [0, 0.1) is 11.8 Å². The number of anilines is 1. The molecule has 33 heavy (non-hydrogen) atoms. The topological polar surface area (TPSA) is 32.3 Å². The molecule has 3 heteroatoms. The van der Waals surface area contributed by atoms with E-state index in [1.54, 1.807) is 0 Å². The minimum absolute atomic E-state index is 0.0632. The Kier molecular flexibility index (Phi) is 5.51. The van der Waals surface area contributed by atoms with E-state index >= 15 is 0 Å². The van der Waals surface area contributed by atoms with E-state index in [0.717, 1.165) is 34.7 Å². The third-order valence-corrected chi connectivity index (χ3v) is 7.46. The van der Waals surface area contributed by atoms with Crippen LogP contribution in [0.1, 0.15) is 53.9 Å². The molecule has 3 saturated carbocycles. The van der Waals surface area contributed by atoms with Crippen LogP contribution >= 0.6 is 0 Å². The zero-order valence-electron chi connectivity index (χ0n) is 19.1. The van der Waals surface area contributed by atoms with Crippen LogP contribution in [0.3, 0.4) is 0 Å². The molecule has 6 rings (SSSR count). The molecule has 0 aromatic heterocycles. The zero-order chi connectivity index (χ0) is 22.2. The largest absolute Gasteiger partial charge is 0.322 e. The van der Waals surface area contributed by atoms with Gasteiger partial charge in [-0.1, -0.05) is 54.6 Å². The molecular weight excluding hydrogens is 404 g/mol. The van der Waals surface area contributed by atoms with Gasteiger partial charge < -0.3 is 5.32 Å². The van der Waals surface area contributed by atoms with Crippen molar-refractivity contribution in [2.24, 2.45) is 11.8 Å². The molecule has 0 spiro atoms. The van der Waals surface area contributed by atoms with Gasteiger partial charge >= 0.3 is 0 Å². The van der Waals surface area contributed by atoms with Crippen molar-refractivity contribution >= 4 is 11.6 Å². The monoisotopic (exact) mass is 436 g/mol. The van der Waals surface area contributed by atoms with Gasteiger partial charge in [0.25, 0.3) is 5.91 Å². The quantitative estimate of drug-likeness (QED) is 0.411. The van der Waals surface area contributed by atoms with Crippen molar-refractivity contribution in [1.29, 1.82) is 0 Å². The number of nitrogens with zero attached hydrogens (tertiary/aromatic N) is 1. The minimum Gasteiger partial charge on any atom is -0.322 e. The fourth-order valence-electron chi connectivity index (χ4n) is 5.01. The van der Waals surface area contributed by atoms with Gasteiger partial charge in [0, 0.05) is 36.3 Å². The highest BCUT2D eigenvalue weighted by Gasteiger charge is 2.45. The number of hydrogen-bond donors (Lipinski definition) is 1. The summed E-state index contributed by atoms with van der Waals surface area (Å²) in [5.41, 5.74) is 5.23. The van der Waals surface area contributed by atoms with Gasteiger partial charge in [0.2, 0.25) is 0 Å². The molecule has 0 heterocycles. The second-order valence-electron chi connectivity index (χ2n) is 10.3. The zero-order valence-corrected chi connectivity index (χ0v) is 19.1. The number of hydrogen-bond acceptors (Lipinski definition) is 2. The summed E-state index contributed by atoms with van der Waals surface area (Å²) in [7, 11) is 0. The summed E-state index contributed by atoms with van der Waals surface area (Å²) in [5.74, 6) is 2.53. The Hall–Kier alpha value is -2.91. The van der Waals surface area contributed by atoms with E-state index in [1.165, 1.54) is 50.8 Å². The van der Waals surface area contributed by atoms with E-state index in [9.17, 15) is 4.79 Å². The van der Waals surface area contributed by atoms with Gasteiger partial charge in [0.05, 0.1) is 0 Å². The molecule has 2 unspecified atom stereocenters. The third kappa shape index (κ3) is 5.04. The van der Waals surface area contributed by atoms with Gasteiger partial charge in [-0.25, -0.2) is 0 Å². The summed E-state index contributed by atoms with van der Waals surface area (Å²) in [5, 5.41) is 3.06. The van der Waals surface area contributed by atoms with Gasteiger partial charge in [-0.05, 0) is 84.9 Å². The summed E-state index contributed by atoms with van der Waals surface area (Å²) in [4.78, 5) is 15.5. The predicted octanol–water partition coefficient (Wildman–Crippen LogP) is 6.58. The fourth-order valence-corrected chi connectivity index (χ4v) is 5.01. The Morgan fingerprint density at radius 1 is 0.758 bits per heavy atom. The predicted molar refractivity (Wildman–Crippen MR) is 134 cm³/mol. The summed E-state index contributed by atoms with van der Waals surface area (Å²) >= 11 is 0. The lowest BCUT2D eigenvalue weighted by molar-refractivity contribution is 0.102. The molecule has 1 amide bonds. The van der Waals surface area contributed by atoms with Crippen molar-refractivity contribution in [2.75, 3.05) is 18.4 Å². The van der Waals surface area contributed by atoms with Crippen molar-refractivity contribution in [3.63, 3.8) is 0 Å². The average Bonchev–Trinajstić information content (AvgIpc) is 3.70. The molecule has 0 bridgehead atoms. The van der Waals surface area contributed by atoms with E-state index in [0.29, 0.717) is 11.5 Å². The summed E-state index contributed by atoms with van der Waals surface area (Å²) in [6, 6.07) is 27.3. The lowest BCUT2D eigenvalue weighted by atomic mass is 10.0. The van der Waals surface area contributed by atoms with Crippen LogP contribution in [0.4, 0.5) is 5.69 Å². The van der Waals surface area contributed by atoms with Crippen molar-refractivity contribution in [1.82, 2.24) is 4.90 Å². The smallest absolute Gasteiger partial charge is 0.255 e. The van der Waals surface area contributed by atoms with Crippen LogP contribution in [0.25, 0.3) is 11.1 Å². The number of nitrogens with one attached hydrogen (secondary N) is 1. The van der Waals surface area contributed by atoms with Crippen LogP contribution < -0.4 is 5.32 Å². The molecule has 3 nitrogen and oxygen atoms in total. The maximum absolute atomic E-state index is 12.7. The third-order valence-electron chi connectivity index (χ3n) is 7.46. The van der Waals surface area contributed by atoms with E-state index in [4.69, 9.17) is 0 Å². The lowest BCUT2D eigenvalue weighted by Gasteiger charge is -2.22. The fraction of sp³-hybridized carbons (Fsp3) is 0.367. The standard InChI is InChI=1S/C30H32N2O/c33-30(26-12-10-24(11-13-26)23-4-2-1-3-5-23)31-27-16-14-25(15-17-27)28-18-29(28)32(19-21-6-7-21)20-22-8-9-22/h1-5,10-17,21-22,28-29H,6-9,18-20H2,(H,31,33). The normalized spacial score (nSPS) is 21.7. The highest BCUT2D eigenvalue weighted by molar-refractivity contribution is 6.04. The Balaban J connectivity index is 1.06. The maximum Gasteiger partial charge on any atom is 0.255 e. The van der Waals surface area contributed by atoms with Gasteiger partial charge in [-0.15, -0.1) is 0 Å². The van der Waals surface area contributed by atoms with Gasteiger partial charge in [0.15, 0.2) is 0 Å². The van der Waals surface area contributed by atoms with Crippen LogP contribution in [0.15, 0.2) is 78.9 Å². The van der Waals surface area contributed by atoms with Crippen LogP contribution in [-0.2, 0) is 0 Å². The average molecular weight is 437 g/mol. The van der Waals surface area contributed by atoms with Crippen molar-refractivity contribution in [3.05, 3.63) is 90.0 Å². The molecule has 3 aliphatic carbocycles. The summed E-state index contributed by atoms with van der Waals surface area (Å²) < 4.78 is 0.